The van der Waals surface area contributed by atoms with Crippen LogP contribution in [0.2, 0.25) is 0 Å². The van der Waals surface area contributed by atoms with Crippen molar-refractivity contribution >= 4 is 17.8 Å². The number of carbonyl (C=O) groups is 3. The van der Waals surface area contributed by atoms with E-state index in [1.54, 1.807) is 20.8 Å². The molecule has 0 saturated carbocycles. The number of nitrogens with zero attached hydrogens (tertiary/aromatic N) is 1. The Bertz CT molecular complexity index is 674. The third-order valence-electron chi connectivity index (χ3n) is 4.63. The number of aliphatic carboxylic acids is 1. The van der Waals surface area contributed by atoms with Gasteiger partial charge in [0.1, 0.15) is 11.9 Å². The summed E-state index contributed by atoms with van der Waals surface area (Å²) < 4.78 is 13.0. The van der Waals surface area contributed by atoms with E-state index in [1.165, 1.54) is 29.2 Å². The standard InChI is InChI=1S/C18H23FN2O4/c1-11(2)14(20-15(22)12-4-6-13(19)7-5-12)16(23)21-9-8-18(3,10-21)17(24)25/h4-7,11,14H,8-10H2,1-3H3,(H,20,22)(H,24,25). The van der Waals surface area contributed by atoms with Gasteiger partial charge in [0.2, 0.25) is 5.91 Å². The molecule has 1 aromatic carbocycles. The van der Waals surface area contributed by atoms with Crippen LogP contribution in [0.1, 0.15) is 37.6 Å². The Morgan fingerprint density at radius 1 is 1.24 bits per heavy atom. The average molecular weight is 350 g/mol. The van der Waals surface area contributed by atoms with Crippen molar-refractivity contribution in [3.8, 4) is 0 Å². The number of benzene rings is 1. The Morgan fingerprint density at radius 3 is 2.32 bits per heavy atom. The van der Waals surface area contributed by atoms with Gasteiger partial charge in [-0.15, -0.1) is 0 Å². The Kier molecular flexibility index (Phi) is 5.45. The van der Waals surface area contributed by atoms with Gasteiger partial charge in [-0.05, 0) is 43.5 Å². The molecule has 1 aromatic rings. The first kappa shape index (κ1) is 18.9. The molecule has 2 rings (SSSR count). The molecule has 0 aliphatic carbocycles. The highest BCUT2D eigenvalue weighted by Gasteiger charge is 2.43. The highest BCUT2D eigenvalue weighted by molar-refractivity contribution is 5.97. The van der Waals surface area contributed by atoms with Crippen LogP contribution in [0.15, 0.2) is 24.3 Å². The lowest BCUT2D eigenvalue weighted by atomic mass is 9.90. The molecule has 25 heavy (non-hydrogen) atoms. The summed E-state index contributed by atoms with van der Waals surface area (Å²) in [4.78, 5) is 37.9. The Balaban J connectivity index is 2.10. The molecule has 1 aliphatic rings. The quantitative estimate of drug-likeness (QED) is 0.849. The van der Waals surface area contributed by atoms with Crippen LogP contribution in [0.3, 0.4) is 0 Å². The maximum Gasteiger partial charge on any atom is 0.311 e. The maximum absolute atomic E-state index is 13.0. The van der Waals surface area contributed by atoms with Gasteiger partial charge in [-0.2, -0.15) is 0 Å². The first-order valence-electron chi connectivity index (χ1n) is 8.22. The number of amides is 2. The van der Waals surface area contributed by atoms with E-state index >= 15 is 0 Å². The van der Waals surface area contributed by atoms with Crippen molar-refractivity contribution in [3.63, 3.8) is 0 Å². The van der Waals surface area contributed by atoms with Gasteiger partial charge in [-0.1, -0.05) is 13.8 Å². The molecule has 2 unspecified atom stereocenters. The molecule has 1 saturated heterocycles. The van der Waals surface area contributed by atoms with E-state index in [4.69, 9.17) is 0 Å². The predicted molar refractivity (Wildman–Crippen MR) is 89.4 cm³/mol. The summed E-state index contributed by atoms with van der Waals surface area (Å²) in [6.07, 6.45) is 0.380. The maximum atomic E-state index is 13.0. The number of nitrogens with one attached hydrogen (secondary N) is 1. The smallest absolute Gasteiger partial charge is 0.311 e. The molecule has 1 aliphatic heterocycles. The van der Waals surface area contributed by atoms with Crippen molar-refractivity contribution in [1.29, 1.82) is 0 Å². The van der Waals surface area contributed by atoms with Crippen molar-refractivity contribution in [2.24, 2.45) is 11.3 Å². The fourth-order valence-electron chi connectivity index (χ4n) is 2.86. The van der Waals surface area contributed by atoms with Gasteiger partial charge >= 0.3 is 5.97 Å². The summed E-state index contributed by atoms with van der Waals surface area (Å²) in [7, 11) is 0. The van der Waals surface area contributed by atoms with Crippen LogP contribution in [0.4, 0.5) is 4.39 Å². The fraction of sp³-hybridized carbons (Fsp3) is 0.500. The summed E-state index contributed by atoms with van der Waals surface area (Å²) in [6, 6.07) is 4.29. The van der Waals surface area contributed by atoms with Crippen LogP contribution >= 0.6 is 0 Å². The van der Waals surface area contributed by atoms with Crippen molar-refractivity contribution in [2.75, 3.05) is 13.1 Å². The third kappa shape index (κ3) is 4.15. The number of rotatable bonds is 5. The van der Waals surface area contributed by atoms with Crippen LogP contribution in [0.5, 0.6) is 0 Å². The topological polar surface area (TPSA) is 86.7 Å². The zero-order valence-corrected chi connectivity index (χ0v) is 14.6. The van der Waals surface area contributed by atoms with Crippen LogP contribution in [-0.2, 0) is 9.59 Å². The van der Waals surface area contributed by atoms with E-state index in [9.17, 15) is 23.9 Å². The minimum atomic E-state index is -0.960. The van der Waals surface area contributed by atoms with Crippen LogP contribution in [-0.4, -0.2) is 46.9 Å². The van der Waals surface area contributed by atoms with Gasteiger partial charge in [-0.3, -0.25) is 14.4 Å². The number of carboxylic acids is 1. The van der Waals surface area contributed by atoms with E-state index in [0.717, 1.165) is 0 Å². The van der Waals surface area contributed by atoms with E-state index in [-0.39, 0.29) is 23.9 Å². The molecule has 1 heterocycles. The molecule has 2 atom stereocenters. The van der Waals surface area contributed by atoms with Gasteiger partial charge in [0.05, 0.1) is 5.41 Å². The molecule has 0 spiro atoms. The van der Waals surface area contributed by atoms with E-state index < -0.39 is 29.2 Å². The second-order valence-corrected chi connectivity index (χ2v) is 7.08. The number of halogens is 1. The summed E-state index contributed by atoms with van der Waals surface area (Å²) in [5.74, 6) is -2.31. The monoisotopic (exact) mass is 350 g/mol. The molecule has 6 nitrogen and oxygen atoms in total. The molecule has 136 valence electrons. The molecule has 0 bridgehead atoms. The Morgan fingerprint density at radius 2 is 1.84 bits per heavy atom. The molecule has 2 N–H and O–H groups in total. The third-order valence-corrected chi connectivity index (χ3v) is 4.63. The molecule has 0 aromatic heterocycles. The lowest BCUT2D eigenvalue weighted by molar-refractivity contribution is -0.147. The van der Waals surface area contributed by atoms with E-state index in [0.29, 0.717) is 13.0 Å². The molecular formula is C18H23FN2O4. The summed E-state index contributed by atoms with van der Waals surface area (Å²) in [5, 5.41) is 12.0. The van der Waals surface area contributed by atoms with Crippen LogP contribution in [0.25, 0.3) is 0 Å². The molecule has 2 amide bonds. The second-order valence-electron chi connectivity index (χ2n) is 7.08. The van der Waals surface area contributed by atoms with Crippen LogP contribution < -0.4 is 5.32 Å². The number of hydrogen-bond acceptors (Lipinski definition) is 3. The zero-order valence-electron chi connectivity index (χ0n) is 14.6. The molecule has 7 heteroatoms. The average Bonchev–Trinajstić information content (AvgIpc) is 2.96. The van der Waals surface area contributed by atoms with Crippen molar-refractivity contribution in [1.82, 2.24) is 10.2 Å². The predicted octanol–water partition coefficient (Wildman–Crippen LogP) is 1.90. The largest absolute Gasteiger partial charge is 0.481 e. The van der Waals surface area contributed by atoms with E-state index in [2.05, 4.69) is 5.32 Å². The number of carboxylic acid groups (broad SMARTS) is 1. The molecule has 0 radical (unpaired) electrons. The fourth-order valence-corrected chi connectivity index (χ4v) is 2.86. The normalized spacial score (nSPS) is 21.2. The zero-order chi connectivity index (χ0) is 18.8. The number of carbonyl (C=O) groups excluding carboxylic acids is 2. The molecule has 1 fully saturated rings. The van der Waals surface area contributed by atoms with Gasteiger partial charge in [-0.25, -0.2) is 4.39 Å². The van der Waals surface area contributed by atoms with Gasteiger partial charge in [0.25, 0.3) is 5.91 Å². The second kappa shape index (κ2) is 7.21. The molecular weight excluding hydrogens is 327 g/mol. The van der Waals surface area contributed by atoms with Gasteiger partial charge in [0.15, 0.2) is 0 Å². The van der Waals surface area contributed by atoms with Gasteiger partial charge < -0.3 is 15.3 Å². The lowest BCUT2D eigenvalue weighted by Crippen LogP contribution is -2.51. The summed E-state index contributed by atoms with van der Waals surface area (Å²) in [5.41, 5.74) is -0.699. The van der Waals surface area contributed by atoms with E-state index in [1.807, 2.05) is 0 Å². The highest BCUT2D eigenvalue weighted by atomic mass is 19.1. The summed E-state index contributed by atoms with van der Waals surface area (Å²) >= 11 is 0. The van der Waals surface area contributed by atoms with Crippen LogP contribution in [0, 0.1) is 17.2 Å². The number of hydrogen-bond donors (Lipinski definition) is 2. The Hall–Kier alpha value is -2.44. The minimum absolute atomic E-state index is 0.122. The Labute approximate surface area is 146 Å². The first-order chi connectivity index (χ1) is 11.6. The van der Waals surface area contributed by atoms with Crippen molar-refractivity contribution in [3.05, 3.63) is 35.6 Å². The van der Waals surface area contributed by atoms with Crippen molar-refractivity contribution < 1.29 is 23.9 Å². The SMILES string of the molecule is CC(C)C(NC(=O)c1ccc(F)cc1)C(=O)N1CCC(C)(C(=O)O)C1. The van der Waals surface area contributed by atoms with Gasteiger partial charge in [0, 0.05) is 18.7 Å². The number of likely N-dealkylation sites (tertiary alicyclic amines) is 1. The summed E-state index contributed by atoms with van der Waals surface area (Å²) in [6.45, 7) is 5.69. The van der Waals surface area contributed by atoms with Crippen molar-refractivity contribution in [2.45, 2.75) is 33.2 Å². The lowest BCUT2D eigenvalue weighted by Gasteiger charge is -2.28. The first-order valence-corrected chi connectivity index (χ1v) is 8.22. The minimum Gasteiger partial charge on any atom is -0.481 e. The highest BCUT2D eigenvalue weighted by Crippen LogP contribution is 2.30.